The van der Waals surface area contributed by atoms with E-state index in [0.717, 1.165) is 12.0 Å². The fourth-order valence-electron chi connectivity index (χ4n) is 2.79. The van der Waals surface area contributed by atoms with Crippen molar-refractivity contribution in [3.8, 4) is 0 Å². The van der Waals surface area contributed by atoms with Crippen LogP contribution in [-0.2, 0) is 9.59 Å². The van der Waals surface area contributed by atoms with E-state index in [1.807, 2.05) is 56.3 Å². The molecule has 118 valence electrons. The Labute approximate surface area is 132 Å². The Hall–Kier alpha value is -2.10. The minimum atomic E-state index is -0.361. The third-order valence-corrected chi connectivity index (χ3v) is 3.85. The van der Waals surface area contributed by atoms with Crippen LogP contribution in [-0.4, -0.2) is 35.8 Å². The zero-order chi connectivity index (χ0) is 15.9. The Balaban J connectivity index is 1.89. The Morgan fingerprint density at radius 2 is 2.05 bits per heavy atom. The van der Waals surface area contributed by atoms with Crippen LogP contribution >= 0.6 is 0 Å². The molecule has 1 atom stereocenters. The zero-order valence-electron chi connectivity index (χ0n) is 13.3. The summed E-state index contributed by atoms with van der Waals surface area (Å²) in [5, 5.41) is 2.91. The molecule has 2 amide bonds. The highest BCUT2D eigenvalue weighted by molar-refractivity contribution is 5.88. The van der Waals surface area contributed by atoms with Gasteiger partial charge in [0.25, 0.3) is 0 Å². The van der Waals surface area contributed by atoms with Crippen molar-refractivity contribution >= 4 is 17.9 Å². The van der Waals surface area contributed by atoms with Gasteiger partial charge in [0.05, 0.1) is 0 Å². The number of rotatable bonds is 6. The van der Waals surface area contributed by atoms with Crippen LogP contribution in [0.4, 0.5) is 0 Å². The molecule has 1 N–H and O–H groups in total. The SMILES string of the molecule is CC(C)C(C(=O)NCC=Cc1ccccc1)N1CCCC1=O. The first-order chi connectivity index (χ1) is 10.6. The van der Waals surface area contributed by atoms with Gasteiger partial charge in [-0.3, -0.25) is 9.59 Å². The van der Waals surface area contributed by atoms with E-state index >= 15 is 0 Å². The van der Waals surface area contributed by atoms with Crippen molar-refractivity contribution in [2.24, 2.45) is 5.92 Å². The second-order valence-electron chi connectivity index (χ2n) is 5.94. The Morgan fingerprint density at radius 3 is 2.64 bits per heavy atom. The molecule has 4 nitrogen and oxygen atoms in total. The maximum atomic E-state index is 12.4. The molecule has 1 unspecified atom stereocenters. The molecule has 1 heterocycles. The molecule has 0 bridgehead atoms. The van der Waals surface area contributed by atoms with E-state index < -0.39 is 0 Å². The third-order valence-electron chi connectivity index (χ3n) is 3.85. The molecule has 1 aliphatic heterocycles. The van der Waals surface area contributed by atoms with E-state index in [2.05, 4.69) is 5.32 Å². The first-order valence-corrected chi connectivity index (χ1v) is 7.88. The van der Waals surface area contributed by atoms with Gasteiger partial charge >= 0.3 is 0 Å². The van der Waals surface area contributed by atoms with Gasteiger partial charge in [0.1, 0.15) is 6.04 Å². The normalized spacial score (nSPS) is 16.5. The molecule has 2 rings (SSSR count). The largest absolute Gasteiger partial charge is 0.351 e. The lowest BCUT2D eigenvalue weighted by Gasteiger charge is -2.29. The minimum Gasteiger partial charge on any atom is -0.351 e. The topological polar surface area (TPSA) is 49.4 Å². The highest BCUT2D eigenvalue weighted by Crippen LogP contribution is 2.19. The molecule has 1 fully saturated rings. The molecule has 0 spiro atoms. The maximum absolute atomic E-state index is 12.4. The van der Waals surface area contributed by atoms with E-state index in [0.29, 0.717) is 19.5 Å². The summed E-state index contributed by atoms with van der Waals surface area (Å²) in [5.74, 6) is 0.136. The van der Waals surface area contributed by atoms with Crippen molar-refractivity contribution in [1.82, 2.24) is 10.2 Å². The van der Waals surface area contributed by atoms with Crippen molar-refractivity contribution in [2.45, 2.75) is 32.7 Å². The van der Waals surface area contributed by atoms with Crippen LogP contribution in [0.1, 0.15) is 32.3 Å². The van der Waals surface area contributed by atoms with E-state index in [9.17, 15) is 9.59 Å². The Kier molecular flexibility index (Phi) is 5.75. The Bertz CT molecular complexity index is 537. The van der Waals surface area contributed by atoms with Gasteiger partial charge in [0.15, 0.2) is 0 Å². The highest BCUT2D eigenvalue weighted by Gasteiger charge is 2.34. The van der Waals surface area contributed by atoms with Crippen LogP contribution in [0.25, 0.3) is 6.08 Å². The first-order valence-electron chi connectivity index (χ1n) is 7.88. The summed E-state index contributed by atoms with van der Waals surface area (Å²) in [4.78, 5) is 26.0. The summed E-state index contributed by atoms with van der Waals surface area (Å²) < 4.78 is 0. The second-order valence-corrected chi connectivity index (χ2v) is 5.94. The van der Waals surface area contributed by atoms with Gasteiger partial charge in [-0.05, 0) is 17.9 Å². The molecular formula is C18H24N2O2. The number of benzene rings is 1. The molecule has 0 radical (unpaired) electrons. The number of carbonyl (C=O) groups is 2. The zero-order valence-corrected chi connectivity index (χ0v) is 13.3. The van der Waals surface area contributed by atoms with Crippen LogP contribution < -0.4 is 5.32 Å². The van der Waals surface area contributed by atoms with E-state index in [1.54, 1.807) is 4.90 Å². The van der Waals surface area contributed by atoms with Crippen LogP contribution in [0, 0.1) is 5.92 Å². The standard InChI is InChI=1S/C18H24N2O2/c1-14(2)17(20-13-7-11-16(20)21)18(22)19-12-6-10-15-8-4-3-5-9-15/h3-6,8-10,14,17H,7,11-13H2,1-2H3,(H,19,22). The average molecular weight is 300 g/mol. The van der Waals surface area contributed by atoms with Gasteiger partial charge in [-0.1, -0.05) is 56.3 Å². The summed E-state index contributed by atoms with van der Waals surface area (Å²) in [7, 11) is 0. The molecule has 1 aromatic rings. The number of carbonyl (C=O) groups excluding carboxylic acids is 2. The average Bonchev–Trinajstić information content (AvgIpc) is 2.91. The van der Waals surface area contributed by atoms with Crippen LogP contribution in [0.2, 0.25) is 0 Å². The third kappa shape index (κ3) is 4.20. The molecule has 1 saturated heterocycles. The summed E-state index contributed by atoms with van der Waals surface area (Å²) in [6.45, 7) is 5.12. The summed E-state index contributed by atoms with van der Waals surface area (Å²) in [6, 6.07) is 9.59. The molecule has 0 saturated carbocycles. The number of nitrogens with one attached hydrogen (secondary N) is 1. The Morgan fingerprint density at radius 1 is 1.32 bits per heavy atom. The van der Waals surface area contributed by atoms with Crippen molar-refractivity contribution in [3.05, 3.63) is 42.0 Å². The predicted molar refractivity (Wildman–Crippen MR) is 88.1 cm³/mol. The molecule has 22 heavy (non-hydrogen) atoms. The van der Waals surface area contributed by atoms with Crippen molar-refractivity contribution < 1.29 is 9.59 Å². The lowest BCUT2D eigenvalue weighted by molar-refractivity contribution is -0.138. The van der Waals surface area contributed by atoms with E-state index in [4.69, 9.17) is 0 Å². The fourth-order valence-corrected chi connectivity index (χ4v) is 2.79. The molecule has 1 aliphatic rings. The quantitative estimate of drug-likeness (QED) is 0.877. The lowest BCUT2D eigenvalue weighted by atomic mass is 10.0. The highest BCUT2D eigenvalue weighted by atomic mass is 16.2. The van der Waals surface area contributed by atoms with Crippen LogP contribution in [0.15, 0.2) is 36.4 Å². The monoisotopic (exact) mass is 300 g/mol. The number of hydrogen-bond acceptors (Lipinski definition) is 2. The molecule has 0 aromatic heterocycles. The summed E-state index contributed by atoms with van der Waals surface area (Å²) in [6.07, 6.45) is 5.32. The van der Waals surface area contributed by atoms with Gasteiger partial charge in [0.2, 0.25) is 11.8 Å². The molecular weight excluding hydrogens is 276 g/mol. The van der Waals surface area contributed by atoms with Gasteiger partial charge in [-0.25, -0.2) is 0 Å². The van der Waals surface area contributed by atoms with Gasteiger partial charge < -0.3 is 10.2 Å². The minimum absolute atomic E-state index is 0.0667. The summed E-state index contributed by atoms with van der Waals surface area (Å²) >= 11 is 0. The van der Waals surface area contributed by atoms with Crippen molar-refractivity contribution in [3.63, 3.8) is 0 Å². The summed E-state index contributed by atoms with van der Waals surface area (Å²) in [5.41, 5.74) is 1.10. The molecule has 1 aromatic carbocycles. The molecule has 4 heteroatoms. The van der Waals surface area contributed by atoms with Gasteiger partial charge in [-0.15, -0.1) is 0 Å². The van der Waals surface area contributed by atoms with Gasteiger partial charge in [0, 0.05) is 19.5 Å². The second kappa shape index (κ2) is 7.78. The van der Waals surface area contributed by atoms with Crippen LogP contribution in [0.3, 0.4) is 0 Å². The fraction of sp³-hybridized carbons (Fsp3) is 0.444. The van der Waals surface area contributed by atoms with E-state index in [-0.39, 0.29) is 23.8 Å². The number of hydrogen-bond donors (Lipinski definition) is 1. The maximum Gasteiger partial charge on any atom is 0.243 e. The van der Waals surface area contributed by atoms with Crippen molar-refractivity contribution in [1.29, 1.82) is 0 Å². The van der Waals surface area contributed by atoms with Gasteiger partial charge in [-0.2, -0.15) is 0 Å². The molecule has 0 aliphatic carbocycles. The number of amides is 2. The lowest BCUT2D eigenvalue weighted by Crippen LogP contribution is -2.50. The van der Waals surface area contributed by atoms with Crippen LogP contribution in [0.5, 0.6) is 0 Å². The van der Waals surface area contributed by atoms with E-state index in [1.165, 1.54) is 0 Å². The predicted octanol–water partition coefficient (Wildman–Crippen LogP) is 2.46. The number of nitrogens with zero attached hydrogens (tertiary/aromatic N) is 1. The first kappa shape index (κ1) is 16.3. The van der Waals surface area contributed by atoms with Crippen molar-refractivity contribution in [2.75, 3.05) is 13.1 Å². The smallest absolute Gasteiger partial charge is 0.243 e. The number of likely N-dealkylation sites (tertiary alicyclic amines) is 1.